The van der Waals surface area contributed by atoms with Gasteiger partial charge in [0.05, 0.1) is 11.0 Å². The zero-order valence-electron chi connectivity index (χ0n) is 33.2. The molecule has 0 bridgehead atoms. The van der Waals surface area contributed by atoms with Gasteiger partial charge in [-0.2, -0.15) is 0 Å². The summed E-state index contributed by atoms with van der Waals surface area (Å²) in [6.07, 6.45) is 0. The molecule has 0 N–H and O–H groups in total. The summed E-state index contributed by atoms with van der Waals surface area (Å²) in [7, 11) is 0. The lowest BCUT2D eigenvalue weighted by Crippen LogP contribution is -2.16. The number of fused-ring (bicyclic) bond motifs is 12. The van der Waals surface area contributed by atoms with Crippen LogP contribution in [0.25, 0.3) is 71.3 Å². The monoisotopic (exact) mass is 742 g/mol. The average Bonchev–Trinajstić information content (AvgIpc) is 3.79. The molecule has 0 radical (unpaired) electrons. The van der Waals surface area contributed by atoms with Crippen molar-refractivity contribution in [3.8, 4) is 27.9 Å². The molecule has 1 aromatic heterocycles. The van der Waals surface area contributed by atoms with Gasteiger partial charge in [-0.15, -0.1) is 0 Å². The van der Waals surface area contributed by atoms with Crippen LogP contribution in [0.15, 0.2) is 182 Å². The van der Waals surface area contributed by atoms with Crippen LogP contribution in [0.2, 0.25) is 0 Å². The van der Waals surface area contributed by atoms with Gasteiger partial charge >= 0.3 is 0 Å². The molecule has 276 valence electrons. The van der Waals surface area contributed by atoms with Crippen molar-refractivity contribution in [2.24, 2.45) is 0 Å². The number of nitrogens with zero attached hydrogens (tertiary/aromatic N) is 2. The fourth-order valence-corrected chi connectivity index (χ4v) is 10.6. The highest BCUT2D eigenvalue weighted by atomic mass is 15.1. The van der Waals surface area contributed by atoms with Crippen LogP contribution in [-0.4, -0.2) is 4.57 Å². The molecule has 10 aromatic rings. The van der Waals surface area contributed by atoms with E-state index in [-0.39, 0.29) is 10.8 Å². The zero-order chi connectivity index (χ0) is 38.9. The van der Waals surface area contributed by atoms with Gasteiger partial charge in [0.2, 0.25) is 0 Å². The van der Waals surface area contributed by atoms with E-state index >= 15 is 0 Å². The number of hydrogen-bond donors (Lipinski definition) is 0. The van der Waals surface area contributed by atoms with E-state index in [0.29, 0.717) is 0 Å². The number of para-hydroxylation sites is 3. The second-order valence-electron chi connectivity index (χ2n) is 17.4. The van der Waals surface area contributed by atoms with Crippen LogP contribution in [0, 0.1) is 0 Å². The molecule has 0 atom stereocenters. The van der Waals surface area contributed by atoms with Crippen LogP contribution in [-0.2, 0) is 10.8 Å². The maximum Gasteiger partial charge on any atom is 0.0547 e. The molecule has 0 saturated carbocycles. The van der Waals surface area contributed by atoms with E-state index in [1.165, 1.54) is 93.5 Å². The number of aromatic nitrogens is 1. The first-order valence-corrected chi connectivity index (χ1v) is 20.5. The minimum Gasteiger partial charge on any atom is -0.310 e. The molecule has 0 unspecified atom stereocenters. The molecule has 1 heterocycles. The van der Waals surface area contributed by atoms with Gasteiger partial charge in [0.25, 0.3) is 0 Å². The van der Waals surface area contributed by atoms with Crippen molar-refractivity contribution in [3.05, 3.63) is 204 Å². The van der Waals surface area contributed by atoms with Crippen molar-refractivity contribution < 1.29 is 0 Å². The fourth-order valence-electron chi connectivity index (χ4n) is 10.6. The van der Waals surface area contributed by atoms with E-state index in [1.54, 1.807) is 0 Å². The largest absolute Gasteiger partial charge is 0.310 e. The number of hydrogen-bond acceptors (Lipinski definition) is 1. The first-order valence-electron chi connectivity index (χ1n) is 20.5. The van der Waals surface area contributed by atoms with Crippen molar-refractivity contribution in [2.75, 3.05) is 4.90 Å². The van der Waals surface area contributed by atoms with Crippen LogP contribution in [0.4, 0.5) is 17.1 Å². The quantitative estimate of drug-likeness (QED) is 0.174. The van der Waals surface area contributed by atoms with Crippen LogP contribution in [0.3, 0.4) is 0 Å². The summed E-state index contributed by atoms with van der Waals surface area (Å²) in [6, 6.07) is 67.9. The minimum atomic E-state index is -0.193. The SMILES string of the molecule is CC1(C)c2cc(N(c3ccccc3)c3ccc4cc5c(cc4c3)C(C)(C)c3ccc4ccccc4c3-5)ccc2-c2cc3c(cc21)c1ccccc1n3-c1ccccc1. The average molecular weight is 743 g/mol. The Morgan fingerprint density at radius 3 is 1.83 bits per heavy atom. The fraction of sp³-hybridized carbons (Fsp3) is 0.107. The summed E-state index contributed by atoms with van der Waals surface area (Å²) in [6.45, 7) is 9.57. The molecule has 2 aliphatic carbocycles. The van der Waals surface area contributed by atoms with Gasteiger partial charge in [0.15, 0.2) is 0 Å². The summed E-state index contributed by atoms with van der Waals surface area (Å²) in [5.41, 5.74) is 17.7. The van der Waals surface area contributed by atoms with Crippen LogP contribution in [0.5, 0.6) is 0 Å². The van der Waals surface area contributed by atoms with E-state index in [0.717, 1.165) is 17.1 Å². The Labute approximate surface area is 339 Å². The van der Waals surface area contributed by atoms with E-state index in [2.05, 4.69) is 219 Å². The minimum absolute atomic E-state index is 0.0982. The van der Waals surface area contributed by atoms with Gasteiger partial charge in [-0.25, -0.2) is 0 Å². The summed E-state index contributed by atoms with van der Waals surface area (Å²) in [5, 5.41) is 7.73. The van der Waals surface area contributed by atoms with E-state index in [9.17, 15) is 0 Å². The third-order valence-corrected chi connectivity index (χ3v) is 13.5. The Hall–Kier alpha value is -6.90. The number of anilines is 3. The van der Waals surface area contributed by atoms with Crippen LogP contribution in [0.1, 0.15) is 49.9 Å². The van der Waals surface area contributed by atoms with Gasteiger partial charge in [-0.1, -0.05) is 131 Å². The van der Waals surface area contributed by atoms with Crippen molar-refractivity contribution >= 4 is 60.4 Å². The number of benzene rings is 9. The molecule has 9 aromatic carbocycles. The van der Waals surface area contributed by atoms with E-state index < -0.39 is 0 Å². The summed E-state index contributed by atoms with van der Waals surface area (Å²) in [5.74, 6) is 0. The topological polar surface area (TPSA) is 8.17 Å². The van der Waals surface area contributed by atoms with Gasteiger partial charge < -0.3 is 9.47 Å². The van der Waals surface area contributed by atoms with Crippen LogP contribution < -0.4 is 4.90 Å². The molecule has 0 aliphatic heterocycles. The zero-order valence-corrected chi connectivity index (χ0v) is 33.2. The maximum absolute atomic E-state index is 2.48. The Morgan fingerprint density at radius 1 is 0.362 bits per heavy atom. The van der Waals surface area contributed by atoms with E-state index in [4.69, 9.17) is 0 Å². The van der Waals surface area contributed by atoms with Gasteiger partial charge in [0.1, 0.15) is 0 Å². The standard InChI is InChI=1S/C56H42N2/c1-55(2)48-28-24-35-15-11-12-20-42(35)54(48)47-30-36-23-25-40(29-37(36)31-49(47)55)57(38-16-7-5-8-17-38)41-26-27-43-45-34-53-46(33-51(45)56(3,4)50(43)32-41)44-21-13-14-22-52(44)58(53)39-18-9-6-10-19-39/h5-34H,1-4H3. The molecule has 2 aliphatic rings. The van der Waals surface area contributed by atoms with Crippen molar-refractivity contribution in [1.82, 2.24) is 4.57 Å². The predicted molar refractivity (Wildman–Crippen MR) is 246 cm³/mol. The molecule has 12 rings (SSSR count). The normalized spacial score (nSPS) is 14.5. The van der Waals surface area contributed by atoms with Crippen molar-refractivity contribution in [2.45, 2.75) is 38.5 Å². The molecular weight excluding hydrogens is 701 g/mol. The van der Waals surface area contributed by atoms with Gasteiger partial charge in [-0.3, -0.25) is 0 Å². The maximum atomic E-state index is 2.48. The summed E-state index contributed by atoms with van der Waals surface area (Å²) < 4.78 is 2.43. The van der Waals surface area contributed by atoms with Crippen molar-refractivity contribution in [1.29, 1.82) is 0 Å². The third kappa shape index (κ3) is 4.54. The molecule has 2 nitrogen and oxygen atoms in total. The lowest BCUT2D eigenvalue weighted by Gasteiger charge is -2.28. The molecule has 0 saturated heterocycles. The Kier molecular flexibility index (Phi) is 6.78. The van der Waals surface area contributed by atoms with Gasteiger partial charge in [0, 0.05) is 44.4 Å². The second kappa shape index (κ2) is 11.8. The Balaban J connectivity index is 1.01. The highest BCUT2D eigenvalue weighted by Crippen LogP contribution is 2.54. The first-order chi connectivity index (χ1) is 28.3. The highest BCUT2D eigenvalue weighted by Gasteiger charge is 2.38. The first kappa shape index (κ1) is 33.3. The Morgan fingerprint density at radius 2 is 1.00 bits per heavy atom. The highest BCUT2D eigenvalue weighted by molar-refractivity contribution is 6.12. The molecular formula is C56H42N2. The Bertz CT molecular complexity index is 3330. The molecule has 58 heavy (non-hydrogen) atoms. The van der Waals surface area contributed by atoms with Crippen LogP contribution >= 0.6 is 0 Å². The van der Waals surface area contributed by atoms with Gasteiger partial charge in [-0.05, 0) is 145 Å². The summed E-state index contributed by atoms with van der Waals surface area (Å²) >= 11 is 0. The predicted octanol–water partition coefficient (Wildman–Crippen LogP) is 15.2. The second-order valence-corrected chi connectivity index (χ2v) is 17.4. The smallest absolute Gasteiger partial charge is 0.0547 e. The number of rotatable bonds is 4. The lowest BCUT2D eigenvalue weighted by molar-refractivity contribution is 0.661. The lowest BCUT2D eigenvalue weighted by atomic mass is 9.81. The molecule has 0 spiro atoms. The van der Waals surface area contributed by atoms with Crippen molar-refractivity contribution in [3.63, 3.8) is 0 Å². The summed E-state index contributed by atoms with van der Waals surface area (Å²) in [4.78, 5) is 2.44. The molecule has 0 fully saturated rings. The molecule has 2 heteroatoms. The molecule has 0 amide bonds. The third-order valence-electron chi connectivity index (χ3n) is 13.5. The van der Waals surface area contributed by atoms with E-state index in [1.807, 2.05) is 0 Å².